The van der Waals surface area contributed by atoms with Crippen molar-refractivity contribution in [3.05, 3.63) is 27.8 Å². The summed E-state index contributed by atoms with van der Waals surface area (Å²) in [5.74, 6) is -0.346. The summed E-state index contributed by atoms with van der Waals surface area (Å²) >= 11 is 0. The van der Waals surface area contributed by atoms with Gasteiger partial charge in [0.25, 0.3) is 0 Å². The maximum absolute atomic E-state index is 11.9. The number of rotatable bonds is 5. The summed E-state index contributed by atoms with van der Waals surface area (Å²) in [5, 5.41) is 2.68. The molecule has 132 valence electrons. The molecule has 0 radical (unpaired) electrons. The van der Waals surface area contributed by atoms with Crippen molar-refractivity contribution in [3.63, 3.8) is 0 Å². The normalized spacial score (nSPS) is 14.6. The highest BCUT2D eigenvalue weighted by Crippen LogP contribution is 2.36. The van der Waals surface area contributed by atoms with Gasteiger partial charge in [0.15, 0.2) is 0 Å². The standard InChI is InChI=1S/C19H29N3O2/c1-12-13(2)19(22-8-6-5-7-9-22)16(10-17(20)23)14(3)15(12)11-18(24)21-4/h5-11H2,1-4H3,(H2,20,23)(H,21,24). The van der Waals surface area contributed by atoms with Crippen LogP contribution < -0.4 is 16.0 Å². The van der Waals surface area contributed by atoms with Crippen LogP contribution in [0.25, 0.3) is 0 Å². The van der Waals surface area contributed by atoms with Gasteiger partial charge < -0.3 is 16.0 Å². The van der Waals surface area contributed by atoms with E-state index in [0.29, 0.717) is 6.42 Å². The number of amides is 2. The van der Waals surface area contributed by atoms with Gasteiger partial charge in [0.2, 0.25) is 11.8 Å². The fourth-order valence-electron chi connectivity index (χ4n) is 3.72. The Kier molecular flexibility index (Phi) is 5.86. The van der Waals surface area contributed by atoms with Crippen LogP contribution in [-0.4, -0.2) is 32.0 Å². The maximum atomic E-state index is 11.9. The predicted octanol–water partition coefficient (Wildman–Crippen LogP) is 1.92. The van der Waals surface area contributed by atoms with Crippen LogP contribution in [-0.2, 0) is 22.4 Å². The SMILES string of the molecule is CNC(=O)Cc1c(C)c(C)c(N2CCCCC2)c(CC(N)=O)c1C. The number of hydrogen-bond acceptors (Lipinski definition) is 3. The van der Waals surface area contributed by atoms with Crippen LogP contribution in [0.3, 0.4) is 0 Å². The van der Waals surface area contributed by atoms with Crippen LogP contribution in [0.5, 0.6) is 0 Å². The van der Waals surface area contributed by atoms with Crippen molar-refractivity contribution in [3.8, 4) is 0 Å². The Labute approximate surface area is 144 Å². The minimum atomic E-state index is -0.328. The number of piperidine rings is 1. The van der Waals surface area contributed by atoms with E-state index in [1.807, 2.05) is 6.92 Å². The second-order valence-corrected chi connectivity index (χ2v) is 6.72. The molecule has 1 aromatic rings. The molecule has 0 atom stereocenters. The van der Waals surface area contributed by atoms with E-state index in [1.54, 1.807) is 7.05 Å². The molecule has 5 heteroatoms. The lowest BCUT2D eigenvalue weighted by Crippen LogP contribution is -2.32. The van der Waals surface area contributed by atoms with E-state index < -0.39 is 0 Å². The van der Waals surface area contributed by atoms with E-state index in [1.165, 1.54) is 19.3 Å². The molecule has 0 spiro atoms. The molecule has 2 amide bonds. The zero-order chi connectivity index (χ0) is 17.9. The van der Waals surface area contributed by atoms with Crippen molar-refractivity contribution in [1.82, 2.24) is 5.32 Å². The van der Waals surface area contributed by atoms with E-state index in [2.05, 4.69) is 24.1 Å². The Hall–Kier alpha value is -2.04. The summed E-state index contributed by atoms with van der Waals surface area (Å²) in [6.45, 7) is 8.20. The molecule has 0 aliphatic carbocycles. The van der Waals surface area contributed by atoms with Crippen molar-refractivity contribution in [2.45, 2.75) is 52.9 Å². The molecule has 1 aromatic carbocycles. The lowest BCUT2D eigenvalue weighted by Gasteiger charge is -2.34. The second kappa shape index (κ2) is 7.69. The number of benzene rings is 1. The third-order valence-corrected chi connectivity index (χ3v) is 5.20. The molecule has 0 saturated carbocycles. The van der Waals surface area contributed by atoms with Gasteiger partial charge in [-0.25, -0.2) is 0 Å². The van der Waals surface area contributed by atoms with E-state index in [4.69, 9.17) is 5.73 Å². The van der Waals surface area contributed by atoms with Gasteiger partial charge in [0.1, 0.15) is 0 Å². The molecular weight excluding hydrogens is 302 g/mol. The number of nitrogens with one attached hydrogen (secondary N) is 1. The number of nitrogens with zero attached hydrogens (tertiary/aromatic N) is 1. The lowest BCUT2D eigenvalue weighted by molar-refractivity contribution is -0.120. The maximum Gasteiger partial charge on any atom is 0.224 e. The van der Waals surface area contributed by atoms with Crippen LogP contribution >= 0.6 is 0 Å². The summed E-state index contributed by atoms with van der Waals surface area (Å²) in [7, 11) is 1.65. The van der Waals surface area contributed by atoms with Crippen LogP contribution in [0.2, 0.25) is 0 Å². The third kappa shape index (κ3) is 3.71. The van der Waals surface area contributed by atoms with Crippen molar-refractivity contribution >= 4 is 17.5 Å². The van der Waals surface area contributed by atoms with Gasteiger partial charge in [0, 0.05) is 25.8 Å². The number of hydrogen-bond donors (Lipinski definition) is 2. The molecule has 2 rings (SSSR count). The van der Waals surface area contributed by atoms with Crippen LogP contribution in [0.4, 0.5) is 5.69 Å². The first-order chi connectivity index (χ1) is 11.4. The number of anilines is 1. The summed E-state index contributed by atoms with van der Waals surface area (Å²) in [5.41, 5.74) is 12.0. The second-order valence-electron chi connectivity index (χ2n) is 6.72. The third-order valence-electron chi connectivity index (χ3n) is 5.20. The average Bonchev–Trinajstić information content (AvgIpc) is 2.57. The fraction of sp³-hybridized carbons (Fsp3) is 0.579. The Morgan fingerprint density at radius 3 is 2.12 bits per heavy atom. The molecular formula is C19H29N3O2. The molecule has 1 heterocycles. The van der Waals surface area contributed by atoms with Crippen molar-refractivity contribution in [2.24, 2.45) is 5.73 Å². The molecule has 1 fully saturated rings. The van der Waals surface area contributed by atoms with Crippen LogP contribution in [0.15, 0.2) is 0 Å². The molecule has 24 heavy (non-hydrogen) atoms. The average molecular weight is 331 g/mol. The Morgan fingerprint density at radius 1 is 0.958 bits per heavy atom. The number of nitrogens with two attached hydrogens (primary N) is 1. The van der Waals surface area contributed by atoms with Crippen molar-refractivity contribution < 1.29 is 9.59 Å². The number of carbonyl (C=O) groups excluding carboxylic acids is 2. The predicted molar refractivity (Wildman–Crippen MR) is 97.4 cm³/mol. The van der Waals surface area contributed by atoms with Gasteiger partial charge >= 0.3 is 0 Å². The quantitative estimate of drug-likeness (QED) is 0.865. The van der Waals surface area contributed by atoms with Gasteiger partial charge in [-0.1, -0.05) is 0 Å². The molecule has 0 unspecified atom stereocenters. The van der Waals surface area contributed by atoms with E-state index in [-0.39, 0.29) is 18.2 Å². The Bertz CT molecular complexity index is 647. The van der Waals surface area contributed by atoms with Crippen molar-refractivity contribution in [2.75, 3.05) is 25.0 Å². The Morgan fingerprint density at radius 2 is 1.58 bits per heavy atom. The first-order valence-corrected chi connectivity index (χ1v) is 8.72. The fourth-order valence-corrected chi connectivity index (χ4v) is 3.72. The minimum absolute atomic E-state index is 0.0173. The van der Waals surface area contributed by atoms with E-state index >= 15 is 0 Å². The highest BCUT2D eigenvalue weighted by atomic mass is 16.1. The lowest BCUT2D eigenvalue weighted by atomic mass is 9.87. The number of primary amides is 1. The smallest absolute Gasteiger partial charge is 0.224 e. The summed E-state index contributed by atoms with van der Waals surface area (Å²) in [4.78, 5) is 26.0. The molecule has 1 aliphatic heterocycles. The minimum Gasteiger partial charge on any atom is -0.371 e. The van der Waals surface area contributed by atoms with Gasteiger partial charge in [0.05, 0.1) is 12.8 Å². The van der Waals surface area contributed by atoms with Gasteiger partial charge in [-0.3, -0.25) is 9.59 Å². The highest BCUT2D eigenvalue weighted by Gasteiger charge is 2.24. The number of carbonyl (C=O) groups is 2. The molecule has 0 aromatic heterocycles. The van der Waals surface area contributed by atoms with Gasteiger partial charge in [-0.15, -0.1) is 0 Å². The summed E-state index contributed by atoms with van der Waals surface area (Å²) in [6, 6.07) is 0. The number of likely N-dealkylation sites (N-methyl/N-ethyl adjacent to an activating group) is 1. The van der Waals surface area contributed by atoms with Crippen LogP contribution in [0, 0.1) is 20.8 Å². The zero-order valence-corrected chi connectivity index (χ0v) is 15.3. The Balaban J connectivity index is 2.60. The topological polar surface area (TPSA) is 75.4 Å². The molecule has 3 N–H and O–H groups in total. The summed E-state index contributed by atoms with van der Waals surface area (Å²) in [6.07, 6.45) is 4.16. The van der Waals surface area contributed by atoms with Crippen molar-refractivity contribution in [1.29, 1.82) is 0 Å². The van der Waals surface area contributed by atoms with E-state index in [0.717, 1.165) is 46.6 Å². The largest absolute Gasteiger partial charge is 0.371 e. The first kappa shape index (κ1) is 18.3. The molecule has 1 aliphatic rings. The highest BCUT2D eigenvalue weighted by molar-refractivity contribution is 5.84. The monoisotopic (exact) mass is 331 g/mol. The van der Waals surface area contributed by atoms with Gasteiger partial charge in [-0.2, -0.15) is 0 Å². The molecule has 0 bridgehead atoms. The molecule has 5 nitrogen and oxygen atoms in total. The van der Waals surface area contributed by atoms with Gasteiger partial charge in [-0.05, 0) is 67.9 Å². The van der Waals surface area contributed by atoms with Crippen LogP contribution in [0.1, 0.15) is 47.1 Å². The zero-order valence-electron chi connectivity index (χ0n) is 15.3. The summed E-state index contributed by atoms with van der Waals surface area (Å²) < 4.78 is 0. The molecule has 1 saturated heterocycles. The first-order valence-electron chi connectivity index (χ1n) is 8.72. The van der Waals surface area contributed by atoms with E-state index in [9.17, 15) is 9.59 Å².